The molecule has 1 aromatic carbocycles. The van der Waals surface area contributed by atoms with E-state index in [4.69, 9.17) is 12.2 Å². The average Bonchev–Trinajstić information content (AvgIpc) is 1.90. The Balaban J connectivity index is 2.98. The van der Waals surface area contributed by atoms with Crippen molar-refractivity contribution in [2.75, 3.05) is 0 Å². The number of hydrogen-bond acceptors (Lipinski definition) is 1. The van der Waals surface area contributed by atoms with E-state index in [-0.39, 0.29) is 0 Å². The van der Waals surface area contributed by atoms with Gasteiger partial charge >= 0.3 is 72.3 Å². The van der Waals surface area contributed by atoms with Crippen molar-refractivity contribution in [2.24, 2.45) is 0 Å². The van der Waals surface area contributed by atoms with Crippen molar-refractivity contribution >= 4 is 15.3 Å². The second-order valence-corrected chi connectivity index (χ2v) is 3.80. The normalized spacial score (nSPS) is 9.11. The first-order valence-electron chi connectivity index (χ1n) is 2.52. The molecule has 0 aliphatic heterocycles. The van der Waals surface area contributed by atoms with Crippen molar-refractivity contribution in [3.63, 3.8) is 0 Å². The summed E-state index contributed by atoms with van der Waals surface area (Å²) < 4.78 is 0.899. The molecule has 0 aliphatic carbocycles. The minimum absolute atomic E-state index is 0.899. The van der Waals surface area contributed by atoms with Crippen LogP contribution < -0.4 is 0 Å². The third-order valence-electron chi connectivity index (χ3n) is 0.979. The SMILES string of the molecule is S=[C]([Au])c1ccccc1. The fraction of sp³-hybridized carbons (Fsp3) is 0. The molecule has 0 amide bonds. The van der Waals surface area contributed by atoms with Crippen LogP contribution in [0, 0.1) is 0 Å². The van der Waals surface area contributed by atoms with E-state index in [0.29, 0.717) is 0 Å². The molecule has 0 fully saturated rings. The first kappa shape index (κ1) is 7.16. The van der Waals surface area contributed by atoms with Crippen LogP contribution in [0.3, 0.4) is 0 Å². The zero-order valence-corrected chi connectivity index (χ0v) is 7.58. The number of thiocarbonyl (C=S) groups is 1. The van der Waals surface area contributed by atoms with E-state index in [1.165, 1.54) is 0 Å². The minimum atomic E-state index is 0.899. The summed E-state index contributed by atoms with van der Waals surface area (Å²) in [5.74, 6) is 0. The Labute approximate surface area is 72.2 Å². The zero-order chi connectivity index (χ0) is 6.69. The van der Waals surface area contributed by atoms with Gasteiger partial charge in [-0.05, 0) is 0 Å². The molecule has 0 radical (unpaired) electrons. The Morgan fingerprint density at radius 3 is 2.11 bits per heavy atom. The number of benzene rings is 1. The number of hydrogen-bond donors (Lipinski definition) is 0. The maximum absolute atomic E-state index is 4.94. The van der Waals surface area contributed by atoms with Crippen molar-refractivity contribution in [3.05, 3.63) is 35.9 Å². The van der Waals surface area contributed by atoms with Gasteiger partial charge in [0.05, 0.1) is 0 Å². The molecule has 1 aromatic rings. The molecule has 9 heavy (non-hydrogen) atoms. The van der Waals surface area contributed by atoms with E-state index < -0.39 is 0 Å². The predicted octanol–water partition coefficient (Wildman–Crippen LogP) is 1.91. The standard InChI is InChI=1S/C7H5S.Au/c8-6-7-4-2-1-3-5-7;/h1-5H;. The molecule has 0 atom stereocenters. The van der Waals surface area contributed by atoms with Crippen molar-refractivity contribution < 1.29 is 21.1 Å². The average molecular weight is 318 g/mol. The van der Waals surface area contributed by atoms with Crippen LogP contribution >= 0.6 is 12.2 Å². The van der Waals surface area contributed by atoms with Gasteiger partial charge in [0.1, 0.15) is 0 Å². The fourth-order valence-corrected chi connectivity index (χ4v) is 1.05. The van der Waals surface area contributed by atoms with Gasteiger partial charge in [-0.25, -0.2) is 0 Å². The fourth-order valence-electron chi connectivity index (χ4n) is 0.556. The van der Waals surface area contributed by atoms with Gasteiger partial charge in [0.25, 0.3) is 0 Å². The molecular formula is C7H5AuS. The molecule has 0 aromatic heterocycles. The van der Waals surface area contributed by atoms with Crippen LogP contribution in [0.15, 0.2) is 30.3 Å². The summed E-state index contributed by atoms with van der Waals surface area (Å²) in [5.41, 5.74) is 1.12. The second kappa shape index (κ2) is 3.28. The van der Waals surface area contributed by atoms with Crippen molar-refractivity contribution in [3.8, 4) is 0 Å². The van der Waals surface area contributed by atoms with Crippen molar-refractivity contribution in [2.45, 2.75) is 0 Å². The number of rotatable bonds is 1. The van der Waals surface area contributed by atoms with Crippen LogP contribution in [0.1, 0.15) is 5.56 Å². The Morgan fingerprint density at radius 2 is 1.78 bits per heavy atom. The van der Waals surface area contributed by atoms with Gasteiger partial charge in [-0.15, -0.1) is 0 Å². The molecule has 0 saturated heterocycles. The summed E-state index contributed by atoms with van der Waals surface area (Å²) in [6.45, 7) is 0. The van der Waals surface area contributed by atoms with Gasteiger partial charge in [0, 0.05) is 0 Å². The van der Waals surface area contributed by atoms with E-state index in [1.54, 1.807) is 0 Å². The van der Waals surface area contributed by atoms with E-state index in [0.717, 1.165) is 8.65 Å². The van der Waals surface area contributed by atoms with Crippen LogP contribution in [0.4, 0.5) is 0 Å². The molecule has 0 unspecified atom stereocenters. The van der Waals surface area contributed by atoms with E-state index in [2.05, 4.69) is 21.1 Å². The van der Waals surface area contributed by atoms with Crippen molar-refractivity contribution in [1.82, 2.24) is 0 Å². The summed E-state index contributed by atoms with van der Waals surface area (Å²) >= 11 is 7.25. The van der Waals surface area contributed by atoms with Gasteiger partial charge in [-0.3, -0.25) is 0 Å². The molecule has 0 N–H and O–H groups in total. The molecule has 0 heterocycles. The van der Waals surface area contributed by atoms with E-state index in [9.17, 15) is 0 Å². The maximum atomic E-state index is 4.94. The Morgan fingerprint density at radius 1 is 1.22 bits per heavy atom. The molecule has 0 aliphatic rings. The predicted molar refractivity (Wildman–Crippen MR) is 38.1 cm³/mol. The Bertz CT molecular complexity index is 205. The van der Waals surface area contributed by atoms with E-state index >= 15 is 0 Å². The zero-order valence-electron chi connectivity index (χ0n) is 4.60. The van der Waals surface area contributed by atoms with Crippen LogP contribution in [-0.4, -0.2) is 3.08 Å². The van der Waals surface area contributed by atoms with E-state index in [1.807, 2.05) is 30.3 Å². The molecule has 2 heteroatoms. The third kappa shape index (κ3) is 2.03. The van der Waals surface area contributed by atoms with Gasteiger partial charge in [-0.2, -0.15) is 0 Å². The van der Waals surface area contributed by atoms with Crippen LogP contribution in [-0.2, 0) is 21.1 Å². The first-order valence-corrected chi connectivity index (χ1v) is 4.01. The Kier molecular flexibility index (Phi) is 2.61. The monoisotopic (exact) mass is 318 g/mol. The van der Waals surface area contributed by atoms with Crippen molar-refractivity contribution in [1.29, 1.82) is 0 Å². The van der Waals surface area contributed by atoms with Crippen LogP contribution in [0.25, 0.3) is 0 Å². The molecule has 50 valence electrons. The summed E-state index contributed by atoms with van der Waals surface area (Å²) in [4.78, 5) is 0. The molecule has 0 bridgehead atoms. The van der Waals surface area contributed by atoms with Crippen LogP contribution in [0.5, 0.6) is 0 Å². The van der Waals surface area contributed by atoms with Gasteiger partial charge in [0.2, 0.25) is 0 Å². The molecular weight excluding hydrogens is 313 g/mol. The molecule has 1 rings (SSSR count). The first-order chi connectivity index (χ1) is 4.30. The summed E-state index contributed by atoms with van der Waals surface area (Å²) in [6, 6.07) is 9.95. The summed E-state index contributed by atoms with van der Waals surface area (Å²) in [7, 11) is 0. The van der Waals surface area contributed by atoms with Gasteiger partial charge < -0.3 is 0 Å². The molecule has 0 saturated carbocycles. The molecule has 0 nitrogen and oxygen atoms in total. The topological polar surface area (TPSA) is 0 Å². The summed E-state index contributed by atoms with van der Waals surface area (Å²) in [6.07, 6.45) is 0. The quantitative estimate of drug-likeness (QED) is 0.563. The molecule has 0 spiro atoms. The van der Waals surface area contributed by atoms with Gasteiger partial charge in [-0.1, -0.05) is 0 Å². The van der Waals surface area contributed by atoms with Crippen LogP contribution in [0.2, 0.25) is 0 Å². The van der Waals surface area contributed by atoms with Gasteiger partial charge in [0.15, 0.2) is 0 Å². The Hall–Kier alpha value is 0.0503. The second-order valence-electron chi connectivity index (χ2n) is 1.61. The summed E-state index contributed by atoms with van der Waals surface area (Å²) in [5, 5.41) is 0. The third-order valence-corrected chi connectivity index (χ3v) is 1.84.